The summed E-state index contributed by atoms with van der Waals surface area (Å²) < 4.78 is 12.4. The van der Waals surface area contributed by atoms with Crippen molar-refractivity contribution in [3.63, 3.8) is 0 Å². The second-order valence-corrected chi connectivity index (χ2v) is 7.86. The Morgan fingerprint density at radius 2 is 1.93 bits per heavy atom. The van der Waals surface area contributed by atoms with Crippen molar-refractivity contribution in [3.05, 3.63) is 53.1 Å². The number of nitrogens with zero attached hydrogens (tertiary/aromatic N) is 2. The van der Waals surface area contributed by atoms with Gasteiger partial charge in [0.15, 0.2) is 0 Å². The number of fused-ring (bicyclic) bond motifs is 1. The van der Waals surface area contributed by atoms with Gasteiger partial charge in [0.05, 0.1) is 17.3 Å². The summed E-state index contributed by atoms with van der Waals surface area (Å²) in [5, 5.41) is 1.30. The van der Waals surface area contributed by atoms with Crippen LogP contribution in [0.25, 0.3) is 10.2 Å². The van der Waals surface area contributed by atoms with Gasteiger partial charge in [-0.3, -0.25) is 4.79 Å². The molecule has 0 unspecified atom stereocenters. The number of aromatic nitrogens is 1. The number of thiazole rings is 1. The third-order valence-corrected chi connectivity index (χ3v) is 5.82. The van der Waals surface area contributed by atoms with Gasteiger partial charge in [0.25, 0.3) is 11.1 Å². The minimum absolute atomic E-state index is 0.0391. The number of amides is 1. The van der Waals surface area contributed by atoms with E-state index in [4.69, 9.17) is 21.1 Å². The number of benzene rings is 2. The number of rotatable bonds is 4. The lowest BCUT2D eigenvalue weighted by molar-refractivity contribution is 0.0595. The van der Waals surface area contributed by atoms with Crippen molar-refractivity contribution in [1.82, 2.24) is 9.88 Å². The molecule has 5 nitrogen and oxygen atoms in total. The average molecular weight is 403 g/mol. The van der Waals surface area contributed by atoms with Crippen LogP contribution >= 0.6 is 22.9 Å². The number of carbonyl (C=O) groups excluding carboxylic acids is 1. The van der Waals surface area contributed by atoms with Crippen LogP contribution in [0.4, 0.5) is 0 Å². The van der Waals surface area contributed by atoms with Gasteiger partial charge in [-0.05, 0) is 42.5 Å². The van der Waals surface area contributed by atoms with Crippen LogP contribution in [0.1, 0.15) is 23.2 Å². The fraction of sp³-hybridized carbons (Fsp3) is 0.300. The molecule has 27 heavy (non-hydrogen) atoms. The van der Waals surface area contributed by atoms with E-state index in [1.807, 2.05) is 23.1 Å². The molecule has 140 valence electrons. The van der Waals surface area contributed by atoms with Gasteiger partial charge in [-0.25, -0.2) is 4.98 Å². The topological polar surface area (TPSA) is 51.7 Å². The summed E-state index contributed by atoms with van der Waals surface area (Å²) >= 11 is 7.41. The molecule has 0 radical (unpaired) electrons. The van der Waals surface area contributed by atoms with Crippen LogP contribution in [0.2, 0.25) is 5.02 Å². The zero-order chi connectivity index (χ0) is 18.8. The highest BCUT2D eigenvalue weighted by Gasteiger charge is 2.25. The largest absolute Gasteiger partial charge is 0.497 e. The van der Waals surface area contributed by atoms with Gasteiger partial charge in [0, 0.05) is 36.5 Å². The number of carbonyl (C=O) groups is 1. The number of halogens is 1. The molecule has 3 aromatic rings. The Kier molecular flexibility index (Phi) is 5.18. The molecule has 1 aliphatic rings. The summed E-state index contributed by atoms with van der Waals surface area (Å²) in [6, 6.07) is 12.8. The third-order valence-electron chi connectivity index (χ3n) is 4.66. The maximum Gasteiger partial charge on any atom is 0.274 e. The highest BCUT2D eigenvalue weighted by atomic mass is 35.5. The van der Waals surface area contributed by atoms with Crippen LogP contribution in [-0.4, -0.2) is 42.1 Å². The molecule has 1 fully saturated rings. The Morgan fingerprint density at radius 3 is 2.63 bits per heavy atom. The van der Waals surface area contributed by atoms with E-state index in [0.717, 1.165) is 28.8 Å². The SMILES string of the molecule is COc1ccc2nc(OC3CCN(C(=O)c4ccc(Cl)cc4)CC3)sc2c1. The molecule has 1 saturated heterocycles. The predicted octanol–water partition coefficient (Wildman–Crippen LogP) is 4.64. The molecule has 0 N–H and O–H groups in total. The molecule has 2 aromatic carbocycles. The smallest absolute Gasteiger partial charge is 0.274 e. The molecule has 1 aromatic heterocycles. The number of methoxy groups -OCH3 is 1. The predicted molar refractivity (Wildman–Crippen MR) is 107 cm³/mol. The monoisotopic (exact) mass is 402 g/mol. The highest BCUT2D eigenvalue weighted by molar-refractivity contribution is 7.20. The molecule has 7 heteroatoms. The van der Waals surface area contributed by atoms with E-state index in [1.165, 1.54) is 11.3 Å². The summed E-state index contributed by atoms with van der Waals surface area (Å²) in [5.41, 5.74) is 1.57. The highest BCUT2D eigenvalue weighted by Crippen LogP contribution is 2.32. The van der Waals surface area contributed by atoms with Crippen molar-refractivity contribution in [3.8, 4) is 10.9 Å². The van der Waals surface area contributed by atoms with Gasteiger partial charge in [-0.1, -0.05) is 22.9 Å². The Labute approximate surface area is 166 Å². The lowest BCUT2D eigenvalue weighted by Crippen LogP contribution is -2.41. The lowest BCUT2D eigenvalue weighted by atomic mass is 10.1. The van der Waals surface area contributed by atoms with Gasteiger partial charge >= 0.3 is 0 Å². The summed E-state index contributed by atoms with van der Waals surface area (Å²) in [5.74, 6) is 0.851. The second kappa shape index (κ2) is 7.74. The van der Waals surface area contributed by atoms with Crippen LogP contribution in [0.5, 0.6) is 10.9 Å². The second-order valence-electron chi connectivity index (χ2n) is 6.43. The molecule has 0 spiro atoms. The van der Waals surface area contributed by atoms with E-state index in [1.54, 1.807) is 31.4 Å². The van der Waals surface area contributed by atoms with Crippen LogP contribution in [0, 0.1) is 0 Å². The number of hydrogen-bond donors (Lipinski definition) is 0. The summed E-state index contributed by atoms with van der Waals surface area (Å²) in [6.07, 6.45) is 1.65. The first kappa shape index (κ1) is 18.1. The van der Waals surface area contributed by atoms with Crippen molar-refractivity contribution < 1.29 is 14.3 Å². The van der Waals surface area contributed by atoms with Crippen LogP contribution < -0.4 is 9.47 Å². The first-order chi connectivity index (χ1) is 13.1. The molecule has 0 aliphatic carbocycles. The fourth-order valence-electron chi connectivity index (χ4n) is 3.16. The van der Waals surface area contributed by atoms with Gasteiger partial charge in [-0.2, -0.15) is 0 Å². The molecule has 1 amide bonds. The van der Waals surface area contributed by atoms with E-state index >= 15 is 0 Å². The van der Waals surface area contributed by atoms with Crippen LogP contribution in [0.15, 0.2) is 42.5 Å². The van der Waals surface area contributed by atoms with Crippen molar-refractivity contribution in [1.29, 1.82) is 0 Å². The van der Waals surface area contributed by atoms with Gasteiger partial charge in [-0.15, -0.1) is 0 Å². The standard InChI is InChI=1S/C20H19ClN2O3S/c1-25-16-6-7-17-18(12-16)27-20(22-17)26-15-8-10-23(11-9-15)19(24)13-2-4-14(21)5-3-13/h2-7,12,15H,8-11H2,1H3. The maximum atomic E-state index is 12.6. The van der Waals surface area contributed by atoms with Gasteiger partial charge in [0.2, 0.25) is 0 Å². The Hall–Kier alpha value is -2.31. The van der Waals surface area contributed by atoms with Crippen LogP contribution in [0.3, 0.4) is 0 Å². The van der Waals surface area contributed by atoms with Crippen molar-refractivity contribution in [2.24, 2.45) is 0 Å². The van der Waals surface area contributed by atoms with E-state index in [-0.39, 0.29) is 12.0 Å². The fourth-order valence-corrected chi connectivity index (χ4v) is 4.19. The molecule has 0 saturated carbocycles. The van der Waals surface area contributed by atoms with E-state index in [0.29, 0.717) is 28.9 Å². The van der Waals surface area contributed by atoms with E-state index < -0.39 is 0 Å². The van der Waals surface area contributed by atoms with Gasteiger partial charge < -0.3 is 14.4 Å². The molecule has 2 heterocycles. The number of likely N-dealkylation sites (tertiary alicyclic amines) is 1. The lowest BCUT2D eigenvalue weighted by Gasteiger charge is -2.31. The molecule has 1 aliphatic heterocycles. The third kappa shape index (κ3) is 4.01. The Morgan fingerprint density at radius 1 is 1.19 bits per heavy atom. The Balaban J connectivity index is 1.36. The van der Waals surface area contributed by atoms with Crippen LogP contribution in [-0.2, 0) is 0 Å². The Bertz CT molecular complexity index is 950. The molecule has 4 rings (SSSR count). The summed E-state index contributed by atoms with van der Waals surface area (Å²) in [6.45, 7) is 1.34. The minimum Gasteiger partial charge on any atom is -0.497 e. The van der Waals surface area contributed by atoms with Gasteiger partial charge in [0.1, 0.15) is 11.9 Å². The van der Waals surface area contributed by atoms with Crippen molar-refractivity contribution >= 4 is 39.1 Å². The number of hydrogen-bond acceptors (Lipinski definition) is 5. The molecular formula is C20H19ClN2O3S. The first-order valence-electron chi connectivity index (χ1n) is 8.78. The molecule has 0 atom stereocenters. The minimum atomic E-state index is 0.0391. The van der Waals surface area contributed by atoms with Crippen molar-refractivity contribution in [2.75, 3.05) is 20.2 Å². The van der Waals surface area contributed by atoms with Crippen molar-refractivity contribution in [2.45, 2.75) is 18.9 Å². The van der Waals surface area contributed by atoms with E-state index in [9.17, 15) is 4.79 Å². The summed E-state index contributed by atoms with van der Waals surface area (Å²) in [7, 11) is 1.65. The zero-order valence-corrected chi connectivity index (χ0v) is 16.4. The maximum absolute atomic E-state index is 12.6. The first-order valence-corrected chi connectivity index (χ1v) is 9.98. The quantitative estimate of drug-likeness (QED) is 0.637. The number of ether oxygens (including phenoxy) is 2. The average Bonchev–Trinajstić information content (AvgIpc) is 3.10. The molecule has 0 bridgehead atoms. The van der Waals surface area contributed by atoms with E-state index in [2.05, 4.69) is 4.98 Å². The number of piperidine rings is 1. The normalized spacial score (nSPS) is 15.1. The molecular weight excluding hydrogens is 384 g/mol. The summed E-state index contributed by atoms with van der Waals surface area (Å²) in [4.78, 5) is 19.0. The zero-order valence-electron chi connectivity index (χ0n) is 14.9.